The van der Waals surface area contributed by atoms with Crippen LogP contribution in [0.25, 0.3) is 10.2 Å². The van der Waals surface area contributed by atoms with E-state index in [9.17, 15) is 4.79 Å². The van der Waals surface area contributed by atoms with Crippen LogP contribution in [0.1, 0.15) is 50.5 Å². The molecule has 0 N–H and O–H groups in total. The Kier molecular flexibility index (Phi) is 5.40. The van der Waals surface area contributed by atoms with Gasteiger partial charge in [0.2, 0.25) is 0 Å². The molecule has 0 aliphatic heterocycles. The third-order valence-electron chi connectivity index (χ3n) is 5.04. The second-order valence-electron chi connectivity index (χ2n) is 7.51. The lowest BCUT2D eigenvalue weighted by atomic mass is 9.92. The van der Waals surface area contributed by atoms with Gasteiger partial charge in [-0.3, -0.25) is 9.36 Å². The van der Waals surface area contributed by atoms with Gasteiger partial charge in [0.1, 0.15) is 4.83 Å². The second kappa shape index (κ2) is 7.36. The van der Waals surface area contributed by atoms with E-state index in [-0.39, 0.29) is 5.56 Å². The lowest BCUT2D eigenvalue weighted by molar-refractivity contribution is 0.201. The Bertz CT molecular complexity index is 762. The zero-order valence-corrected chi connectivity index (χ0v) is 16.2. The van der Waals surface area contributed by atoms with Crippen molar-refractivity contribution in [3.63, 3.8) is 0 Å². The van der Waals surface area contributed by atoms with E-state index >= 15 is 0 Å². The van der Waals surface area contributed by atoms with E-state index in [1.54, 1.807) is 22.2 Å². The molecule has 0 saturated carbocycles. The lowest BCUT2D eigenvalue weighted by Crippen LogP contribution is -2.38. The summed E-state index contributed by atoms with van der Waals surface area (Å²) in [5.41, 5.74) is 1.45. The number of hydrogen-bond donors (Lipinski definition) is 0. The number of fused-ring (bicyclic) bond motifs is 3. The van der Waals surface area contributed by atoms with Crippen molar-refractivity contribution in [3.8, 4) is 0 Å². The summed E-state index contributed by atoms with van der Waals surface area (Å²) in [5.74, 6) is 0.686. The van der Waals surface area contributed by atoms with E-state index in [4.69, 9.17) is 0 Å². The minimum atomic E-state index is 0.167. The molecule has 2 aromatic rings. The highest BCUT2D eigenvalue weighted by atomic mass is 32.1. The zero-order valence-electron chi connectivity index (χ0n) is 15.3. The van der Waals surface area contributed by atoms with E-state index in [1.165, 1.54) is 10.4 Å². The molecule has 24 heavy (non-hydrogen) atoms. The van der Waals surface area contributed by atoms with Crippen LogP contribution in [0, 0.1) is 5.92 Å². The summed E-state index contributed by atoms with van der Waals surface area (Å²) in [6, 6.07) is 0.593. The Morgan fingerprint density at radius 1 is 1.46 bits per heavy atom. The van der Waals surface area contributed by atoms with E-state index in [2.05, 4.69) is 37.7 Å². The highest BCUT2D eigenvalue weighted by Gasteiger charge is 2.27. The van der Waals surface area contributed by atoms with Crippen molar-refractivity contribution in [3.05, 3.63) is 27.1 Å². The van der Waals surface area contributed by atoms with Crippen LogP contribution in [-0.2, 0) is 19.4 Å². The van der Waals surface area contributed by atoms with Gasteiger partial charge in [0.25, 0.3) is 5.56 Å². The molecule has 0 aromatic carbocycles. The van der Waals surface area contributed by atoms with Crippen LogP contribution in [0.5, 0.6) is 0 Å². The summed E-state index contributed by atoms with van der Waals surface area (Å²) in [7, 11) is 2.24. The predicted molar refractivity (Wildman–Crippen MR) is 102 cm³/mol. The first-order chi connectivity index (χ1) is 11.5. The molecular weight excluding hydrogens is 318 g/mol. The molecule has 3 rings (SSSR count). The number of unbranched alkanes of at least 4 members (excludes halogenated alkanes) is 1. The van der Waals surface area contributed by atoms with Crippen LogP contribution in [0.4, 0.5) is 0 Å². The van der Waals surface area contributed by atoms with Crippen molar-refractivity contribution in [1.29, 1.82) is 0 Å². The molecule has 0 unspecified atom stereocenters. The summed E-state index contributed by atoms with van der Waals surface area (Å²) in [6.07, 6.45) is 7.08. The molecule has 5 heteroatoms. The monoisotopic (exact) mass is 347 g/mol. The van der Waals surface area contributed by atoms with Crippen molar-refractivity contribution in [1.82, 2.24) is 14.5 Å². The molecule has 0 bridgehead atoms. The van der Waals surface area contributed by atoms with Crippen LogP contribution >= 0.6 is 11.3 Å². The van der Waals surface area contributed by atoms with E-state index < -0.39 is 0 Å². The van der Waals surface area contributed by atoms with E-state index in [0.29, 0.717) is 12.0 Å². The van der Waals surface area contributed by atoms with Gasteiger partial charge in [0.05, 0.1) is 11.7 Å². The largest absolute Gasteiger partial charge is 0.303 e. The Morgan fingerprint density at radius 2 is 2.25 bits per heavy atom. The van der Waals surface area contributed by atoms with Gasteiger partial charge in [-0.2, -0.15) is 0 Å². The lowest BCUT2D eigenvalue weighted by Gasteiger charge is -2.32. The number of rotatable bonds is 6. The summed E-state index contributed by atoms with van der Waals surface area (Å²) in [4.78, 5) is 22.2. The van der Waals surface area contributed by atoms with Gasteiger partial charge >= 0.3 is 0 Å². The summed E-state index contributed by atoms with van der Waals surface area (Å²) in [6.45, 7) is 8.60. The van der Waals surface area contributed by atoms with Crippen LogP contribution in [0.3, 0.4) is 0 Å². The fourth-order valence-electron chi connectivity index (χ4n) is 3.77. The van der Waals surface area contributed by atoms with Gasteiger partial charge in [-0.05, 0) is 44.2 Å². The molecule has 132 valence electrons. The number of aromatic nitrogens is 2. The highest BCUT2D eigenvalue weighted by Crippen LogP contribution is 2.34. The van der Waals surface area contributed by atoms with Gasteiger partial charge in [0.15, 0.2) is 0 Å². The summed E-state index contributed by atoms with van der Waals surface area (Å²) >= 11 is 1.74. The quantitative estimate of drug-likeness (QED) is 0.799. The van der Waals surface area contributed by atoms with Crippen molar-refractivity contribution >= 4 is 21.6 Å². The van der Waals surface area contributed by atoms with Gasteiger partial charge < -0.3 is 4.90 Å². The molecule has 0 amide bonds. The Balaban J connectivity index is 1.90. The number of thiophene rings is 1. The number of nitrogens with zero attached hydrogens (tertiary/aromatic N) is 3. The van der Waals surface area contributed by atoms with E-state index in [0.717, 1.165) is 55.4 Å². The normalized spacial score (nSPS) is 17.8. The number of aryl methyl sites for hydroxylation is 2. The first-order valence-electron chi connectivity index (χ1n) is 9.21. The predicted octanol–water partition coefficient (Wildman–Crippen LogP) is 3.70. The van der Waals surface area contributed by atoms with Gasteiger partial charge in [-0.1, -0.05) is 27.2 Å². The van der Waals surface area contributed by atoms with Gasteiger partial charge in [-0.25, -0.2) is 4.98 Å². The maximum atomic E-state index is 12.8. The molecule has 1 aliphatic carbocycles. The molecule has 0 fully saturated rings. The Hall–Kier alpha value is -1.20. The SMILES string of the molecule is CCCCn1cnc2sc3c(c2c1=O)CC[C@H](N(C)CC(C)C)C3. The number of hydrogen-bond acceptors (Lipinski definition) is 4. The fraction of sp³-hybridized carbons (Fsp3) is 0.684. The standard InChI is InChI=1S/C19H29N3OS/c1-5-6-9-22-12-20-18-17(19(22)23)15-8-7-14(10-16(15)24-18)21(4)11-13(2)3/h12-14H,5-11H2,1-4H3/t14-/m0/s1. The average molecular weight is 348 g/mol. The minimum Gasteiger partial charge on any atom is -0.303 e. The molecule has 0 radical (unpaired) electrons. The van der Waals surface area contributed by atoms with Crippen molar-refractivity contribution in [2.45, 2.75) is 65.5 Å². The Morgan fingerprint density at radius 3 is 2.96 bits per heavy atom. The average Bonchev–Trinajstić information content (AvgIpc) is 2.91. The smallest absolute Gasteiger partial charge is 0.262 e. The first kappa shape index (κ1) is 17.6. The van der Waals surface area contributed by atoms with Gasteiger partial charge in [-0.15, -0.1) is 11.3 Å². The summed E-state index contributed by atoms with van der Waals surface area (Å²) < 4.78 is 1.80. The van der Waals surface area contributed by atoms with Crippen molar-refractivity contribution in [2.24, 2.45) is 5.92 Å². The number of likely N-dealkylation sites (N-methyl/N-ethyl adjacent to an activating group) is 1. The van der Waals surface area contributed by atoms with Crippen LogP contribution in [0.2, 0.25) is 0 Å². The molecule has 2 aromatic heterocycles. The minimum absolute atomic E-state index is 0.167. The maximum absolute atomic E-state index is 12.8. The fourth-order valence-corrected chi connectivity index (χ4v) is 5.02. The molecular formula is C19H29N3OS. The second-order valence-corrected chi connectivity index (χ2v) is 8.59. The summed E-state index contributed by atoms with van der Waals surface area (Å²) in [5, 5.41) is 0.901. The molecule has 0 spiro atoms. The molecule has 0 saturated heterocycles. The van der Waals surface area contributed by atoms with Crippen LogP contribution < -0.4 is 5.56 Å². The third-order valence-corrected chi connectivity index (χ3v) is 6.20. The van der Waals surface area contributed by atoms with Crippen molar-refractivity contribution in [2.75, 3.05) is 13.6 Å². The molecule has 1 atom stereocenters. The van der Waals surface area contributed by atoms with Crippen LogP contribution in [0.15, 0.2) is 11.1 Å². The topological polar surface area (TPSA) is 38.1 Å². The van der Waals surface area contributed by atoms with Crippen molar-refractivity contribution < 1.29 is 0 Å². The first-order valence-corrected chi connectivity index (χ1v) is 10.0. The maximum Gasteiger partial charge on any atom is 0.262 e. The molecule has 1 aliphatic rings. The van der Waals surface area contributed by atoms with E-state index in [1.807, 2.05) is 0 Å². The third kappa shape index (κ3) is 3.42. The molecule has 4 nitrogen and oxygen atoms in total. The zero-order chi connectivity index (χ0) is 17.3. The van der Waals surface area contributed by atoms with Gasteiger partial charge in [0, 0.05) is 24.0 Å². The van der Waals surface area contributed by atoms with Crippen LogP contribution in [-0.4, -0.2) is 34.1 Å². The Labute approximate surface area is 148 Å². The molecule has 2 heterocycles. The highest BCUT2D eigenvalue weighted by molar-refractivity contribution is 7.18.